The number of rotatable bonds is 3. The van der Waals surface area contributed by atoms with Crippen molar-refractivity contribution in [3.8, 4) is 0 Å². The van der Waals surface area contributed by atoms with Crippen LogP contribution < -0.4 is 0 Å². The van der Waals surface area contributed by atoms with E-state index in [9.17, 15) is 14.4 Å². The smallest absolute Gasteiger partial charge is 0.478 e. The summed E-state index contributed by atoms with van der Waals surface area (Å²) in [6.45, 7) is 0. The predicted octanol–water partition coefficient (Wildman–Crippen LogP) is 0.300. The van der Waals surface area contributed by atoms with Gasteiger partial charge in [-0.25, -0.2) is 14.4 Å². The summed E-state index contributed by atoms with van der Waals surface area (Å²) in [5.41, 5.74) is -1.10. The van der Waals surface area contributed by atoms with E-state index in [0.29, 0.717) is 0 Å². The van der Waals surface area contributed by atoms with Gasteiger partial charge in [0, 0.05) is 0 Å². The molecule has 24 heavy (non-hydrogen) atoms. The van der Waals surface area contributed by atoms with Gasteiger partial charge in [-0.15, -0.1) is 0 Å². The molecule has 0 aliphatic carbocycles. The molecule has 1 aromatic carbocycles. The van der Waals surface area contributed by atoms with Gasteiger partial charge in [-0.2, -0.15) is 0 Å². The maximum absolute atomic E-state index is 10.6. The molecule has 15 heteroatoms. The molecule has 14 nitrogen and oxygen atoms in total. The Morgan fingerprint density at radius 2 is 0.792 bits per heavy atom. The summed E-state index contributed by atoms with van der Waals surface area (Å²) in [4.78, 5) is 48.2. The maximum Gasteiger partial charge on any atom is 2.00 e. The monoisotopic (exact) mass is 397 g/mol. The quantitative estimate of drug-likeness (QED) is 0.354. The fourth-order valence-corrected chi connectivity index (χ4v) is 0.998. The zero-order valence-electron chi connectivity index (χ0n) is 10.9. The van der Waals surface area contributed by atoms with E-state index >= 15 is 0 Å². The number of carboxylic acids is 3. The van der Waals surface area contributed by atoms with E-state index in [2.05, 4.69) is 0 Å². The van der Waals surface area contributed by atoms with E-state index in [0.717, 1.165) is 18.2 Å². The average molecular weight is 398 g/mol. The van der Waals surface area contributed by atoms with Crippen LogP contribution >= 0.6 is 0 Å². The number of aromatic carboxylic acids is 3. The van der Waals surface area contributed by atoms with Crippen molar-refractivity contribution in [2.24, 2.45) is 0 Å². The molecule has 0 amide bonds. The number of benzene rings is 1. The number of carbonyl (C=O) groups is 3. The first-order valence-corrected chi connectivity index (χ1v) is 4.86. The van der Waals surface area contributed by atoms with Gasteiger partial charge in [-0.1, -0.05) is 0 Å². The van der Waals surface area contributed by atoms with Gasteiger partial charge in [0.05, 0.1) is 26.9 Å². The maximum atomic E-state index is 10.6. The van der Waals surface area contributed by atoms with Crippen molar-refractivity contribution in [2.75, 3.05) is 0 Å². The van der Waals surface area contributed by atoms with E-state index in [4.69, 9.17) is 46.0 Å². The van der Waals surface area contributed by atoms with Crippen LogP contribution in [0.5, 0.6) is 0 Å². The minimum Gasteiger partial charge on any atom is -0.478 e. The Labute approximate surface area is 141 Å². The topological polar surface area (TPSA) is 244 Å². The third-order valence-corrected chi connectivity index (χ3v) is 1.67. The zero-order chi connectivity index (χ0) is 18.7. The normalized spacial score (nSPS) is 8.00. The molecule has 135 valence electrons. The summed E-state index contributed by atoms with van der Waals surface area (Å²) in [5, 5.41) is 55.3. The van der Waals surface area contributed by atoms with Crippen molar-refractivity contribution in [2.45, 2.75) is 0 Å². The summed E-state index contributed by atoms with van der Waals surface area (Å²) in [6, 6.07) is 2.70. The average Bonchev–Trinajstić information content (AvgIpc) is 2.36. The number of hydrogen-bond donors (Lipinski definition) is 3. The zero-order valence-corrected chi connectivity index (χ0v) is 11.9. The van der Waals surface area contributed by atoms with Crippen LogP contribution in [0.2, 0.25) is 0 Å². The Bertz CT molecular complexity index is 532. The molecule has 0 aromatic heterocycles. The van der Waals surface area contributed by atoms with Crippen molar-refractivity contribution in [3.63, 3.8) is 0 Å². The standard InChI is InChI=1S/C9H6O6.Cu.2NO3/c10-7(11)4-1-5(8(12)13)3-6(2-4)9(14)15;;2*2-1(3)4/h1-3H,(H,10,11)(H,12,13)(H,14,15);;;/q;+2;2*-1. The van der Waals surface area contributed by atoms with Crippen molar-refractivity contribution in [3.05, 3.63) is 65.5 Å². The van der Waals surface area contributed by atoms with Crippen LogP contribution in [0, 0.1) is 30.6 Å². The molecular weight excluding hydrogens is 392 g/mol. The minimum atomic E-state index is -1.75. The van der Waals surface area contributed by atoms with E-state index in [1.807, 2.05) is 0 Å². The predicted molar refractivity (Wildman–Crippen MR) is 68.0 cm³/mol. The van der Waals surface area contributed by atoms with Crippen LogP contribution in [0.25, 0.3) is 0 Å². The van der Waals surface area contributed by atoms with Crippen LogP contribution in [-0.4, -0.2) is 43.4 Å². The van der Waals surface area contributed by atoms with Gasteiger partial charge in [0.15, 0.2) is 0 Å². The van der Waals surface area contributed by atoms with E-state index in [1.165, 1.54) is 0 Å². The summed E-state index contributed by atoms with van der Waals surface area (Å²) in [6.07, 6.45) is 0. The van der Waals surface area contributed by atoms with Gasteiger partial charge >= 0.3 is 35.0 Å². The SMILES string of the molecule is O=C(O)c1cc(C(=O)O)cc(C(=O)O)c1.O=[N+]([O-])[O-].O=[N+]([O-])[O-].[Cu+2]. The van der Waals surface area contributed by atoms with Crippen LogP contribution in [0.3, 0.4) is 0 Å². The molecule has 0 aliphatic heterocycles. The molecule has 1 rings (SSSR count). The molecular formula is C9H6CuN2O12. The Morgan fingerprint density at radius 1 is 0.667 bits per heavy atom. The van der Waals surface area contributed by atoms with Gasteiger partial charge in [-0.05, 0) is 18.2 Å². The summed E-state index contributed by atoms with van der Waals surface area (Å²) < 4.78 is 0. The van der Waals surface area contributed by atoms with Crippen molar-refractivity contribution in [1.82, 2.24) is 0 Å². The molecule has 0 unspecified atom stereocenters. The molecule has 1 radical (unpaired) electrons. The third-order valence-electron chi connectivity index (χ3n) is 1.67. The second kappa shape index (κ2) is 12.1. The number of nitrogens with zero attached hydrogens (tertiary/aromatic N) is 2. The van der Waals surface area contributed by atoms with Gasteiger partial charge in [0.2, 0.25) is 0 Å². The molecule has 0 bridgehead atoms. The second-order valence-electron chi connectivity index (χ2n) is 3.16. The van der Waals surface area contributed by atoms with Gasteiger partial charge in [0.25, 0.3) is 0 Å². The molecule has 3 N–H and O–H groups in total. The van der Waals surface area contributed by atoms with Gasteiger partial charge < -0.3 is 46.0 Å². The molecule has 0 aliphatic rings. The molecule has 0 atom stereocenters. The minimum absolute atomic E-state index is 0. The Hall–Kier alpha value is -3.45. The van der Waals surface area contributed by atoms with E-state index < -0.39 is 28.1 Å². The van der Waals surface area contributed by atoms with E-state index in [1.54, 1.807) is 0 Å². The summed E-state index contributed by atoms with van der Waals surface area (Å²) in [7, 11) is 0. The van der Waals surface area contributed by atoms with Gasteiger partial charge in [-0.3, -0.25) is 0 Å². The molecule has 0 heterocycles. The van der Waals surface area contributed by atoms with Crippen LogP contribution in [0.4, 0.5) is 0 Å². The number of carboxylic acid groups (broad SMARTS) is 3. The van der Waals surface area contributed by atoms with Crippen molar-refractivity contribution >= 4 is 17.9 Å². The first-order chi connectivity index (χ1) is 10.4. The number of hydrogen-bond acceptors (Lipinski definition) is 9. The second-order valence-corrected chi connectivity index (χ2v) is 3.16. The molecule has 0 fully saturated rings. The first-order valence-electron chi connectivity index (χ1n) is 4.86. The fourth-order valence-electron chi connectivity index (χ4n) is 0.998. The third kappa shape index (κ3) is 13.5. The Balaban J connectivity index is -0.000000413. The summed E-state index contributed by atoms with van der Waals surface area (Å²) >= 11 is 0. The first kappa shape index (κ1) is 25.5. The van der Waals surface area contributed by atoms with Crippen molar-refractivity contribution in [1.29, 1.82) is 0 Å². The Kier molecular flexibility index (Phi) is 12.9. The Morgan fingerprint density at radius 3 is 0.875 bits per heavy atom. The molecule has 0 saturated carbocycles. The van der Waals surface area contributed by atoms with Crippen LogP contribution in [0.15, 0.2) is 18.2 Å². The summed E-state index contributed by atoms with van der Waals surface area (Å²) in [5.74, 6) is -4.12. The molecule has 1 aromatic rings. The van der Waals surface area contributed by atoms with Crippen molar-refractivity contribution < 1.29 is 56.9 Å². The van der Waals surface area contributed by atoms with Crippen LogP contribution in [0.1, 0.15) is 31.1 Å². The molecule has 0 saturated heterocycles. The fraction of sp³-hybridized carbons (Fsp3) is 0. The van der Waals surface area contributed by atoms with Gasteiger partial charge in [0.1, 0.15) is 0 Å². The molecule has 0 spiro atoms. The largest absolute Gasteiger partial charge is 2.00 e. The van der Waals surface area contributed by atoms with Crippen LogP contribution in [-0.2, 0) is 17.1 Å². The van der Waals surface area contributed by atoms with E-state index in [-0.39, 0.29) is 33.8 Å².